The maximum Gasteiger partial charge on any atom is 0.225 e. The first-order valence-electron chi connectivity index (χ1n) is 8.61. The Kier molecular flexibility index (Phi) is 5.28. The lowest BCUT2D eigenvalue weighted by molar-refractivity contribution is -0.138. The molecule has 132 valence electrons. The number of hydrogen-bond donors (Lipinski definition) is 0. The Hall–Kier alpha value is -1.76. The van der Waals surface area contributed by atoms with Gasteiger partial charge in [0.2, 0.25) is 11.9 Å². The molecule has 1 aromatic heterocycles. The number of likely N-dealkylation sites (tertiary alicyclic amines) is 1. The SMILES string of the molecule is COCCCN1CC2(CCCN(c3ncc(F)cn3)C2)CCC1=O. The molecule has 3 rings (SSSR count). The summed E-state index contributed by atoms with van der Waals surface area (Å²) in [4.78, 5) is 24.6. The number of ether oxygens (including phenoxy) is 1. The Balaban J connectivity index is 1.67. The van der Waals surface area contributed by atoms with E-state index < -0.39 is 5.82 Å². The maximum absolute atomic E-state index is 13.0. The topological polar surface area (TPSA) is 58.6 Å². The minimum Gasteiger partial charge on any atom is -0.385 e. The van der Waals surface area contributed by atoms with E-state index in [9.17, 15) is 9.18 Å². The van der Waals surface area contributed by atoms with E-state index in [0.29, 0.717) is 19.0 Å². The highest BCUT2D eigenvalue weighted by Gasteiger charge is 2.42. The zero-order valence-corrected chi connectivity index (χ0v) is 14.2. The van der Waals surface area contributed by atoms with E-state index in [2.05, 4.69) is 14.9 Å². The summed E-state index contributed by atoms with van der Waals surface area (Å²) in [6.45, 7) is 3.92. The van der Waals surface area contributed by atoms with Crippen LogP contribution in [0.2, 0.25) is 0 Å². The van der Waals surface area contributed by atoms with Crippen LogP contribution in [-0.2, 0) is 9.53 Å². The minimum absolute atomic E-state index is 0.0942. The molecule has 2 aliphatic heterocycles. The first kappa shape index (κ1) is 17.1. The molecule has 0 aliphatic carbocycles. The number of anilines is 1. The number of aromatic nitrogens is 2. The Morgan fingerprint density at radius 2 is 2.08 bits per heavy atom. The molecule has 1 atom stereocenters. The van der Waals surface area contributed by atoms with Crippen LogP contribution in [-0.4, -0.2) is 60.7 Å². The summed E-state index contributed by atoms with van der Waals surface area (Å²) >= 11 is 0. The van der Waals surface area contributed by atoms with Gasteiger partial charge in [0.1, 0.15) is 0 Å². The van der Waals surface area contributed by atoms with Crippen molar-refractivity contribution in [2.75, 3.05) is 44.8 Å². The van der Waals surface area contributed by atoms with E-state index in [0.717, 1.165) is 51.9 Å². The van der Waals surface area contributed by atoms with Gasteiger partial charge < -0.3 is 14.5 Å². The number of amides is 1. The Morgan fingerprint density at radius 1 is 1.29 bits per heavy atom. The largest absolute Gasteiger partial charge is 0.385 e. The van der Waals surface area contributed by atoms with Crippen molar-refractivity contribution in [2.24, 2.45) is 5.41 Å². The van der Waals surface area contributed by atoms with Gasteiger partial charge in [0.25, 0.3) is 0 Å². The second-order valence-corrected chi connectivity index (χ2v) is 6.89. The van der Waals surface area contributed by atoms with Gasteiger partial charge in [-0.15, -0.1) is 0 Å². The van der Waals surface area contributed by atoms with E-state index in [1.54, 1.807) is 7.11 Å². The summed E-state index contributed by atoms with van der Waals surface area (Å²) in [6.07, 6.45) is 6.95. The highest BCUT2D eigenvalue weighted by Crippen LogP contribution is 2.39. The molecule has 0 radical (unpaired) electrons. The number of rotatable bonds is 5. The third kappa shape index (κ3) is 3.83. The van der Waals surface area contributed by atoms with Crippen LogP contribution in [0.3, 0.4) is 0 Å². The third-order valence-corrected chi connectivity index (χ3v) is 5.08. The zero-order valence-electron chi connectivity index (χ0n) is 14.2. The molecule has 1 aromatic rings. The van der Waals surface area contributed by atoms with Crippen molar-refractivity contribution >= 4 is 11.9 Å². The van der Waals surface area contributed by atoms with Gasteiger partial charge >= 0.3 is 0 Å². The van der Waals surface area contributed by atoms with Crippen molar-refractivity contribution in [1.82, 2.24) is 14.9 Å². The van der Waals surface area contributed by atoms with Gasteiger partial charge in [-0.1, -0.05) is 0 Å². The Bertz CT molecular complexity index is 568. The molecular formula is C17H25FN4O2. The fraction of sp³-hybridized carbons (Fsp3) is 0.706. The van der Waals surface area contributed by atoms with Crippen molar-refractivity contribution < 1.29 is 13.9 Å². The third-order valence-electron chi connectivity index (χ3n) is 5.08. The highest BCUT2D eigenvalue weighted by atomic mass is 19.1. The van der Waals surface area contributed by atoms with E-state index in [-0.39, 0.29) is 11.3 Å². The van der Waals surface area contributed by atoms with Crippen molar-refractivity contribution in [1.29, 1.82) is 0 Å². The first-order valence-corrected chi connectivity index (χ1v) is 8.61. The van der Waals surface area contributed by atoms with Crippen molar-refractivity contribution in [3.8, 4) is 0 Å². The van der Waals surface area contributed by atoms with Crippen molar-refractivity contribution in [2.45, 2.75) is 32.1 Å². The van der Waals surface area contributed by atoms with Crippen LogP contribution in [0.5, 0.6) is 0 Å². The molecule has 7 heteroatoms. The monoisotopic (exact) mass is 336 g/mol. The summed E-state index contributed by atoms with van der Waals surface area (Å²) in [5.41, 5.74) is 0.0942. The molecule has 0 bridgehead atoms. The first-order chi connectivity index (χ1) is 11.6. The fourth-order valence-corrected chi connectivity index (χ4v) is 3.89. The number of nitrogens with zero attached hydrogens (tertiary/aromatic N) is 4. The molecule has 0 aromatic carbocycles. The Morgan fingerprint density at radius 3 is 2.83 bits per heavy atom. The van der Waals surface area contributed by atoms with Crippen LogP contribution in [0.4, 0.5) is 10.3 Å². The van der Waals surface area contributed by atoms with Gasteiger partial charge in [0.15, 0.2) is 5.82 Å². The summed E-state index contributed by atoms with van der Waals surface area (Å²) < 4.78 is 18.1. The fourth-order valence-electron chi connectivity index (χ4n) is 3.89. The van der Waals surface area contributed by atoms with Crippen molar-refractivity contribution in [3.05, 3.63) is 18.2 Å². The van der Waals surface area contributed by atoms with Crippen LogP contribution >= 0.6 is 0 Å². The number of hydrogen-bond acceptors (Lipinski definition) is 5. The summed E-state index contributed by atoms with van der Waals surface area (Å²) in [6, 6.07) is 0. The zero-order chi connectivity index (χ0) is 17.0. The molecule has 24 heavy (non-hydrogen) atoms. The number of methoxy groups -OCH3 is 1. The molecule has 6 nitrogen and oxygen atoms in total. The van der Waals surface area contributed by atoms with Gasteiger partial charge in [0.05, 0.1) is 12.4 Å². The lowest BCUT2D eigenvalue weighted by atomic mass is 9.73. The van der Waals surface area contributed by atoms with Gasteiger partial charge in [-0.25, -0.2) is 14.4 Å². The smallest absolute Gasteiger partial charge is 0.225 e. The Labute approximate surface area is 142 Å². The molecule has 2 saturated heterocycles. The second kappa shape index (κ2) is 7.42. The summed E-state index contributed by atoms with van der Waals surface area (Å²) in [5, 5.41) is 0. The molecule has 1 spiro atoms. The summed E-state index contributed by atoms with van der Waals surface area (Å²) in [5.74, 6) is 0.406. The standard InChI is InChI=1S/C17H25FN4O2/c1-24-9-3-8-21-12-17(6-4-15(21)23)5-2-7-22(13-17)16-19-10-14(18)11-20-16/h10-11H,2-9,12-13H2,1H3. The van der Waals surface area contributed by atoms with Gasteiger partial charge in [-0.05, 0) is 25.7 Å². The van der Waals surface area contributed by atoms with Crippen LogP contribution in [0.1, 0.15) is 32.1 Å². The molecule has 1 amide bonds. The van der Waals surface area contributed by atoms with Crippen LogP contribution in [0.15, 0.2) is 12.4 Å². The van der Waals surface area contributed by atoms with E-state index in [4.69, 9.17) is 4.74 Å². The summed E-state index contributed by atoms with van der Waals surface area (Å²) in [7, 11) is 1.68. The van der Waals surface area contributed by atoms with Crippen molar-refractivity contribution in [3.63, 3.8) is 0 Å². The van der Waals surface area contributed by atoms with Gasteiger partial charge in [0, 0.05) is 51.7 Å². The predicted molar refractivity (Wildman–Crippen MR) is 88.2 cm³/mol. The lowest BCUT2D eigenvalue weighted by Crippen LogP contribution is -2.54. The molecule has 0 saturated carbocycles. The lowest BCUT2D eigenvalue weighted by Gasteiger charge is -2.48. The molecule has 2 fully saturated rings. The maximum atomic E-state index is 13.0. The molecule has 1 unspecified atom stereocenters. The predicted octanol–water partition coefficient (Wildman–Crippen LogP) is 1.86. The highest BCUT2D eigenvalue weighted by molar-refractivity contribution is 5.77. The van der Waals surface area contributed by atoms with Crippen LogP contribution in [0.25, 0.3) is 0 Å². The number of carbonyl (C=O) groups excluding carboxylic acids is 1. The minimum atomic E-state index is -0.418. The molecule has 0 N–H and O–H groups in total. The average molecular weight is 336 g/mol. The van der Waals surface area contributed by atoms with Gasteiger partial charge in [-0.3, -0.25) is 4.79 Å². The number of carbonyl (C=O) groups is 1. The van der Waals surface area contributed by atoms with E-state index >= 15 is 0 Å². The molecule has 3 heterocycles. The molecule has 2 aliphatic rings. The molecular weight excluding hydrogens is 311 g/mol. The normalized spacial score (nSPS) is 24.7. The van der Waals surface area contributed by atoms with Crippen LogP contribution < -0.4 is 4.90 Å². The van der Waals surface area contributed by atoms with Crippen LogP contribution in [0, 0.1) is 11.2 Å². The van der Waals surface area contributed by atoms with Gasteiger partial charge in [-0.2, -0.15) is 0 Å². The van der Waals surface area contributed by atoms with E-state index in [1.807, 2.05) is 4.90 Å². The quantitative estimate of drug-likeness (QED) is 0.768. The van der Waals surface area contributed by atoms with E-state index in [1.165, 1.54) is 12.4 Å². The average Bonchev–Trinajstić information content (AvgIpc) is 2.59. The number of piperidine rings is 2. The number of halogens is 1. The second-order valence-electron chi connectivity index (χ2n) is 6.89.